The Labute approximate surface area is 225 Å². The zero-order valence-corrected chi connectivity index (χ0v) is 22.3. The highest BCUT2D eigenvalue weighted by atomic mass is 15.4. The van der Waals surface area contributed by atoms with Crippen LogP contribution in [-0.2, 0) is 6.42 Å². The summed E-state index contributed by atoms with van der Waals surface area (Å²) in [6.07, 6.45) is 2.03. The van der Waals surface area contributed by atoms with Crippen LogP contribution in [0.1, 0.15) is 41.9 Å². The number of hydrogen-bond donors (Lipinski definition) is 0. The van der Waals surface area contributed by atoms with E-state index in [2.05, 4.69) is 125 Å². The van der Waals surface area contributed by atoms with Crippen molar-refractivity contribution in [1.29, 1.82) is 0 Å². The molecule has 5 nitrogen and oxygen atoms in total. The van der Waals surface area contributed by atoms with Crippen molar-refractivity contribution in [1.82, 2.24) is 19.5 Å². The van der Waals surface area contributed by atoms with Gasteiger partial charge in [-0.1, -0.05) is 104 Å². The van der Waals surface area contributed by atoms with Gasteiger partial charge >= 0.3 is 0 Å². The number of anilines is 1. The van der Waals surface area contributed by atoms with Gasteiger partial charge in [0, 0.05) is 43.5 Å². The molecule has 0 atom stereocenters. The molecule has 3 heterocycles. The first-order chi connectivity index (χ1) is 18.7. The molecule has 192 valence electrons. The number of fused-ring (bicyclic) bond motifs is 1. The Morgan fingerprint density at radius 1 is 0.763 bits per heavy atom. The molecule has 0 bridgehead atoms. The van der Waals surface area contributed by atoms with E-state index in [4.69, 9.17) is 10.1 Å². The lowest BCUT2D eigenvalue weighted by molar-refractivity contribution is 0.211. The average Bonchev–Trinajstić information content (AvgIpc) is 3.30. The van der Waals surface area contributed by atoms with E-state index in [-0.39, 0.29) is 6.04 Å². The van der Waals surface area contributed by atoms with E-state index in [1.54, 1.807) is 0 Å². The number of piperazine rings is 1. The molecule has 1 aliphatic rings. The molecule has 0 unspecified atom stereocenters. The second-order valence-corrected chi connectivity index (χ2v) is 10.2. The lowest BCUT2D eigenvalue weighted by Gasteiger charge is -2.40. The SMILES string of the molecule is CCCc1cc(N2CCN(C(c3ccccc3)c3ccccc3)CC2)n2nc(C)c(-c3ccccc3)c2n1. The Hall–Kier alpha value is -3.96. The Morgan fingerprint density at radius 2 is 1.34 bits per heavy atom. The van der Waals surface area contributed by atoms with Gasteiger partial charge in [-0.05, 0) is 30.0 Å². The van der Waals surface area contributed by atoms with Gasteiger partial charge in [-0.15, -0.1) is 0 Å². The molecule has 3 aromatic carbocycles. The van der Waals surface area contributed by atoms with E-state index in [9.17, 15) is 0 Å². The Kier molecular flexibility index (Phi) is 6.93. The van der Waals surface area contributed by atoms with Crippen molar-refractivity contribution in [3.63, 3.8) is 0 Å². The van der Waals surface area contributed by atoms with Crippen LogP contribution < -0.4 is 4.90 Å². The van der Waals surface area contributed by atoms with E-state index >= 15 is 0 Å². The molecule has 0 aliphatic carbocycles. The van der Waals surface area contributed by atoms with Gasteiger partial charge in [0.2, 0.25) is 0 Å². The molecule has 0 spiro atoms. The van der Waals surface area contributed by atoms with Gasteiger partial charge in [-0.2, -0.15) is 9.61 Å². The van der Waals surface area contributed by atoms with Gasteiger partial charge in [-0.3, -0.25) is 4.90 Å². The molecule has 1 aliphatic heterocycles. The summed E-state index contributed by atoms with van der Waals surface area (Å²) in [7, 11) is 0. The van der Waals surface area contributed by atoms with Crippen LogP contribution in [0.4, 0.5) is 5.82 Å². The summed E-state index contributed by atoms with van der Waals surface area (Å²) in [4.78, 5) is 10.2. The van der Waals surface area contributed by atoms with Crippen molar-refractivity contribution in [2.24, 2.45) is 0 Å². The fraction of sp³-hybridized carbons (Fsp3) is 0.273. The van der Waals surface area contributed by atoms with E-state index in [1.807, 2.05) is 0 Å². The third kappa shape index (κ3) is 4.70. The second kappa shape index (κ2) is 10.8. The third-order valence-electron chi connectivity index (χ3n) is 7.60. The van der Waals surface area contributed by atoms with Crippen molar-refractivity contribution in [3.05, 3.63) is 120 Å². The van der Waals surface area contributed by atoms with Crippen LogP contribution in [0, 0.1) is 6.92 Å². The molecule has 0 radical (unpaired) electrons. The summed E-state index contributed by atoms with van der Waals surface area (Å²) in [6, 6.07) is 34.9. The second-order valence-electron chi connectivity index (χ2n) is 10.2. The first-order valence-electron chi connectivity index (χ1n) is 13.8. The summed E-state index contributed by atoms with van der Waals surface area (Å²) < 4.78 is 2.08. The number of benzene rings is 3. The van der Waals surface area contributed by atoms with Crippen LogP contribution in [-0.4, -0.2) is 45.7 Å². The van der Waals surface area contributed by atoms with Crippen LogP contribution >= 0.6 is 0 Å². The Morgan fingerprint density at radius 3 is 1.92 bits per heavy atom. The fourth-order valence-electron chi connectivity index (χ4n) is 5.80. The van der Waals surface area contributed by atoms with Crippen molar-refractivity contribution in [2.45, 2.75) is 32.7 Å². The number of hydrogen-bond acceptors (Lipinski definition) is 4. The van der Waals surface area contributed by atoms with Crippen LogP contribution in [0.25, 0.3) is 16.8 Å². The maximum atomic E-state index is 5.10. The van der Waals surface area contributed by atoms with E-state index < -0.39 is 0 Å². The lowest BCUT2D eigenvalue weighted by Crippen LogP contribution is -2.48. The van der Waals surface area contributed by atoms with Gasteiger partial charge in [0.25, 0.3) is 0 Å². The number of aryl methyl sites for hydroxylation is 2. The van der Waals surface area contributed by atoms with Gasteiger partial charge in [0.15, 0.2) is 5.65 Å². The maximum Gasteiger partial charge on any atom is 0.165 e. The normalized spacial score (nSPS) is 14.4. The minimum absolute atomic E-state index is 0.254. The van der Waals surface area contributed by atoms with Gasteiger partial charge in [0.1, 0.15) is 5.82 Å². The highest BCUT2D eigenvalue weighted by Gasteiger charge is 2.28. The Bertz CT molecular complexity index is 1450. The highest BCUT2D eigenvalue weighted by Crippen LogP contribution is 2.33. The summed E-state index contributed by atoms with van der Waals surface area (Å²) in [5.41, 5.74) is 8.12. The predicted octanol–water partition coefficient (Wildman–Crippen LogP) is 6.57. The van der Waals surface area contributed by atoms with Crippen LogP contribution in [0.15, 0.2) is 97.1 Å². The molecule has 0 amide bonds. The molecule has 5 heteroatoms. The first-order valence-corrected chi connectivity index (χ1v) is 13.8. The molecule has 6 rings (SSSR count). The van der Waals surface area contributed by atoms with Crippen LogP contribution in [0.5, 0.6) is 0 Å². The molecular weight excluding hydrogens is 466 g/mol. The molecule has 5 aromatic rings. The minimum atomic E-state index is 0.254. The van der Waals surface area contributed by atoms with E-state index in [1.165, 1.54) is 16.7 Å². The summed E-state index contributed by atoms with van der Waals surface area (Å²) in [5, 5.41) is 5.01. The fourth-order valence-corrected chi connectivity index (χ4v) is 5.80. The van der Waals surface area contributed by atoms with E-state index in [0.717, 1.165) is 67.4 Å². The largest absolute Gasteiger partial charge is 0.354 e. The van der Waals surface area contributed by atoms with Gasteiger partial charge in [-0.25, -0.2) is 4.98 Å². The molecular formula is C33H35N5. The topological polar surface area (TPSA) is 36.7 Å². The van der Waals surface area contributed by atoms with Crippen molar-refractivity contribution in [3.8, 4) is 11.1 Å². The number of aromatic nitrogens is 3. The molecule has 1 saturated heterocycles. The molecule has 0 saturated carbocycles. The summed E-state index contributed by atoms with van der Waals surface area (Å²) in [6.45, 7) is 8.17. The standard InChI is InChI=1S/C33H35N5/c1-3-13-29-24-30(38-33(34-29)31(25(2)35-38)26-14-7-4-8-15-26)36-20-22-37(23-21-36)32(27-16-9-5-10-17-27)28-18-11-6-12-19-28/h4-12,14-19,24,32H,3,13,20-23H2,1-2H3. The quantitative estimate of drug-likeness (QED) is 0.253. The molecule has 38 heavy (non-hydrogen) atoms. The predicted molar refractivity (Wildman–Crippen MR) is 156 cm³/mol. The van der Waals surface area contributed by atoms with Crippen molar-refractivity contribution in [2.75, 3.05) is 31.1 Å². The minimum Gasteiger partial charge on any atom is -0.354 e. The monoisotopic (exact) mass is 501 g/mol. The summed E-state index contributed by atoms with van der Waals surface area (Å²) >= 11 is 0. The molecule has 0 N–H and O–H groups in total. The summed E-state index contributed by atoms with van der Waals surface area (Å²) in [5.74, 6) is 1.15. The zero-order chi connectivity index (χ0) is 25.9. The van der Waals surface area contributed by atoms with Gasteiger partial charge in [0.05, 0.1) is 11.7 Å². The molecule has 2 aromatic heterocycles. The number of nitrogens with zero attached hydrogens (tertiary/aromatic N) is 5. The van der Waals surface area contributed by atoms with Gasteiger partial charge < -0.3 is 4.90 Å². The number of rotatable bonds is 7. The van der Waals surface area contributed by atoms with Crippen molar-refractivity contribution >= 4 is 11.5 Å². The lowest BCUT2D eigenvalue weighted by atomic mass is 9.96. The zero-order valence-electron chi connectivity index (χ0n) is 22.3. The highest BCUT2D eigenvalue weighted by molar-refractivity contribution is 5.81. The average molecular weight is 502 g/mol. The van der Waals surface area contributed by atoms with Crippen LogP contribution in [0.2, 0.25) is 0 Å². The third-order valence-corrected chi connectivity index (χ3v) is 7.60. The Balaban J connectivity index is 1.34. The van der Waals surface area contributed by atoms with Crippen LogP contribution in [0.3, 0.4) is 0 Å². The molecule has 1 fully saturated rings. The maximum absolute atomic E-state index is 5.10. The van der Waals surface area contributed by atoms with E-state index in [0.29, 0.717) is 0 Å². The smallest absolute Gasteiger partial charge is 0.165 e. The van der Waals surface area contributed by atoms with Crippen molar-refractivity contribution < 1.29 is 0 Å². The first kappa shape index (κ1) is 24.4.